The van der Waals surface area contributed by atoms with Crippen molar-refractivity contribution in [2.75, 3.05) is 32.1 Å². The predicted octanol–water partition coefficient (Wildman–Crippen LogP) is 3.27. The maximum atomic E-state index is 12.2. The van der Waals surface area contributed by atoms with Crippen molar-refractivity contribution in [3.05, 3.63) is 59.7 Å². The highest BCUT2D eigenvalue weighted by Crippen LogP contribution is 2.17. The van der Waals surface area contributed by atoms with Gasteiger partial charge in [0.05, 0.1) is 13.7 Å². The number of methoxy groups -OCH3 is 1. The van der Waals surface area contributed by atoms with Gasteiger partial charge < -0.3 is 15.4 Å². The molecule has 0 atom stereocenters. The number of carbonyl (C=O) groups is 1. The molecule has 2 aromatic rings. The van der Waals surface area contributed by atoms with Gasteiger partial charge in [0.1, 0.15) is 5.75 Å². The molecule has 1 amide bonds. The van der Waals surface area contributed by atoms with E-state index in [0.717, 1.165) is 36.6 Å². The highest BCUT2D eigenvalue weighted by atomic mass is 16.5. The summed E-state index contributed by atoms with van der Waals surface area (Å²) < 4.78 is 5.20. The Hall–Kier alpha value is -2.53. The van der Waals surface area contributed by atoms with Gasteiger partial charge in [0.15, 0.2) is 0 Å². The van der Waals surface area contributed by atoms with E-state index in [1.54, 1.807) is 7.11 Å². The standard InChI is InChI=1S/C21H29N3O2/c1-4-24(5-2)16-18-10-6-7-12-20(18)22-15-21(25)23-14-17-9-8-11-19(13-17)26-3/h6-13,22H,4-5,14-16H2,1-3H3,(H,23,25). The molecule has 0 radical (unpaired) electrons. The number of ether oxygens (including phenoxy) is 1. The summed E-state index contributed by atoms with van der Waals surface area (Å²) in [7, 11) is 1.64. The fourth-order valence-electron chi connectivity index (χ4n) is 2.74. The molecule has 0 bridgehead atoms. The van der Waals surface area contributed by atoms with Crippen LogP contribution in [0.5, 0.6) is 5.75 Å². The van der Waals surface area contributed by atoms with E-state index in [1.165, 1.54) is 5.56 Å². The van der Waals surface area contributed by atoms with Crippen LogP contribution in [0.1, 0.15) is 25.0 Å². The fourth-order valence-corrected chi connectivity index (χ4v) is 2.74. The van der Waals surface area contributed by atoms with Crippen molar-refractivity contribution in [1.82, 2.24) is 10.2 Å². The van der Waals surface area contributed by atoms with E-state index < -0.39 is 0 Å². The number of carbonyl (C=O) groups excluding carboxylic acids is 1. The summed E-state index contributed by atoms with van der Waals surface area (Å²) in [4.78, 5) is 14.5. The van der Waals surface area contributed by atoms with Gasteiger partial charge in [-0.15, -0.1) is 0 Å². The van der Waals surface area contributed by atoms with Crippen LogP contribution in [-0.2, 0) is 17.9 Å². The second-order valence-corrected chi connectivity index (χ2v) is 6.10. The molecule has 2 aromatic carbocycles. The Morgan fingerprint density at radius 3 is 2.58 bits per heavy atom. The lowest BCUT2D eigenvalue weighted by Crippen LogP contribution is -2.30. The third-order valence-electron chi connectivity index (χ3n) is 4.37. The number of hydrogen-bond acceptors (Lipinski definition) is 4. The van der Waals surface area contributed by atoms with Crippen LogP contribution in [0.2, 0.25) is 0 Å². The van der Waals surface area contributed by atoms with E-state index in [2.05, 4.69) is 35.4 Å². The Balaban J connectivity index is 1.87. The highest BCUT2D eigenvalue weighted by molar-refractivity contribution is 5.80. The average molecular weight is 355 g/mol. The lowest BCUT2D eigenvalue weighted by atomic mass is 10.1. The first-order valence-corrected chi connectivity index (χ1v) is 9.10. The van der Waals surface area contributed by atoms with Gasteiger partial charge in [0, 0.05) is 18.8 Å². The van der Waals surface area contributed by atoms with Crippen LogP contribution in [0.25, 0.3) is 0 Å². The SMILES string of the molecule is CCN(CC)Cc1ccccc1NCC(=O)NCc1cccc(OC)c1. The molecule has 0 aliphatic carbocycles. The number of hydrogen-bond donors (Lipinski definition) is 2. The van der Waals surface area contributed by atoms with Crippen molar-refractivity contribution in [3.63, 3.8) is 0 Å². The average Bonchev–Trinajstić information content (AvgIpc) is 2.69. The van der Waals surface area contributed by atoms with E-state index in [1.807, 2.05) is 42.5 Å². The van der Waals surface area contributed by atoms with Crippen LogP contribution in [-0.4, -0.2) is 37.6 Å². The van der Waals surface area contributed by atoms with Crippen LogP contribution in [0.3, 0.4) is 0 Å². The first-order chi connectivity index (χ1) is 12.7. The van der Waals surface area contributed by atoms with E-state index in [0.29, 0.717) is 6.54 Å². The molecule has 26 heavy (non-hydrogen) atoms. The van der Waals surface area contributed by atoms with Crippen LogP contribution in [0.4, 0.5) is 5.69 Å². The Morgan fingerprint density at radius 2 is 1.85 bits per heavy atom. The molecule has 5 nitrogen and oxygen atoms in total. The van der Waals surface area contributed by atoms with E-state index in [9.17, 15) is 4.79 Å². The maximum absolute atomic E-state index is 12.2. The lowest BCUT2D eigenvalue weighted by Gasteiger charge is -2.20. The number of anilines is 1. The lowest BCUT2D eigenvalue weighted by molar-refractivity contribution is -0.119. The van der Waals surface area contributed by atoms with Crippen molar-refractivity contribution in [3.8, 4) is 5.75 Å². The van der Waals surface area contributed by atoms with Gasteiger partial charge in [-0.05, 0) is 42.4 Å². The van der Waals surface area contributed by atoms with Gasteiger partial charge in [-0.1, -0.05) is 44.2 Å². The minimum absolute atomic E-state index is 0.0366. The van der Waals surface area contributed by atoms with Crippen LogP contribution >= 0.6 is 0 Å². The van der Waals surface area contributed by atoms with E-state index >= 15 is 0 Å². The van der Waals surface area contributed by atoms with Crippen LogP contribution in [0.15, 0.2) is 48.5 Å². The molecule has 5 heteroatoms. The van der Waals surface area contributed by atoms with Gasteiger partial charge in [-0.3, -0.25) is 9.69 Å². The highest BCUT2D eigenvalue weighted by Gasteiger charge is 2.08. The first kappa shape index (κ1) is 19.8. The number of nitrogens with zero attached hydrogens (tertiary/aromatic N) is 1. The summed E-state index contributed by atoms with van der Waals surface area (Å²) in [6.07, 6.45) is 0. The second kappa shape index (κ2) is 10.5. The monoisotopic (exact) mass is 355 g/mol. The minimum Gasteiger partial charge on any atom is -0.497 e. The summed E-state index contributed by atoms with van der Waals surface area (Å²) in [5.41, 5.74) is 3.23. The van der Waals surface area contributed by atoms with E-state index in [-0.39, 0.29) is 12.5 Å². The number of amides is 1. The quantitative estimate of drug-likeness (QED) is 0.687. The van der Waals surface area contributed by atoms with Crippen molar-refractivity contribution in [2.24, 2.45) is 0 Å². The maximum Gasteiger partial charge on any atom is 0.239 e. The Labute approximate surface area is 156 Å². The molecule has 2 rings (SSSR count). The van der Waals surface area contributed by atoms with Crippen molar-refractivity contribution in [1.29, 1.82) is 0 Å². The summed E-state index contributed by atoms with van der Waals surface area (Å²) >= 11 is 0. The number of benzene rings is 2. The van der Waals surface area contributed by atoms with Gasteiger partial charge in [-0.25, -0.2) is 0 Å². The molecule has 0 aliphatic rings. The topological polar surface area (TPSA) is 53.6 Å². The molecule has 0 fully saturated rings. The Bertz CT molecular complexity index is 699. The smallest absolute Gasteiger partial charge is 0.239 e. The molecule has 0 heterocycles. The Kier molecular flexibility index (Phi) is 7.96. The number of rotatable bonds is 10. The molecule has 0 aromatic heterocycles. The fraction of sp³-hybridized carbons (Fsp3) is 0.381. The zero-order valence-electron chi connectivity index (χ0n) is 15.9. The zero-order valence-corrected chi connectivity index (χ0v) is 15.9. The first-order valence-electron chi connectivity index (χ1n) is 9.10. The van der Waals surface area contributed by atoms with Gasteiger partial charge >= 0.3 is 0 Å². The molecule has 0 spiro atoms. The normalized spacial score (nSPS) is 10.6. The van der Waals surface area contributed by atoms with Crippen molar-refractivity contribution in [2.45, 2.75) is 26.9 Å². The van der Waals surface area contributed by atoms with Gasteiger partial charge in [0.2, 0.25) is 5.91 Å². The van der Waals surface area contributed by atoms with Gasteiger partial charge in [-0.2, -0.15) is 0 Å². The van der Waals surface area contributed by atoms with Crippen LogP contribution < -0.4 is 15.4 Å². The summed E-state index contributed by atoms with van der Waals surface area (Å²) in [5, 5.41) is 6.20. The van der Waals surface area contributed by atoms with Gasteiger partial charge in [0.25, 0.3) is 0 Å². The van der Waals surface area contributed by atoms with Crippen LogP contribution in [0, 0.1) is 0 Å². The third kappa shape index (κ3) is 6.08. The summed E-state index contributed by atoms with van der Waals surface area (Å²) in [6, 6.07) is 15.8. The van der Waals surface area contributed by atoms with Crippen molar-refractivity contribution >= 4 is 11.6 Å². The summed E-state index contributed by atoms with van der Waals surface area (Å²) in [6.45, 7) is 7.94. The van der Waals surface area contributed by atoms with E-state index in [4.69, 9.17) is 4.74 Å². The summed E-state index contributed by atoms with van der Waals surface area (Å²) in [5.74, 6) is 0.755. The minimum atomic E-state index is -0.0366. The third-order valence-corrected chi connectivity index (χ3v) is 4.37. The number of para-hydroxylation sites is 1. The predicted molar refractivity (Wildman–Crippen MR) is 106 cm³/mol. The molecular weight excluding hydrogens is 326 g/mol. The molecule has 0 unspecified atom stereocenters. The molecule has 140 valence electrons. The second-order valence-electron chi connectivity index (χ2n) is 6.10. The zero-order chi connectivity index (χ0) is 18.8. The molecule has 2 N–H and O–H groups in total. The largest absolute Gasteiger partial charge is 0.497 e. The molecular formula is C21H29N3O2. The van der Waals surface area contributed by atoms with Crippen molar-refractivity contribution < 1.29 is 9.53 Å². The molecule has 0 aliphatic heterocycles. The molecule has 0 saturated heterocycles. The Morgan fingerprint density at radius 1 is 1.08 bits per heavy atom. The number of nitrogens with one attached hydrogen (secondary N) is 2. The molecule has 0 saturated carbocycles.